The minimum absolute atomic E-state index is 0.00395. The summed E-state index contributed by atoms with van der Waals surface area (Å²) in [7, 11) is 0. The predicted octanol–water partition coefficient (Wildman–Crippen LogP) is 9.15. The first-order valence-corrected chi connectivity index (χ1v) is 22.0. The van der Waals surface area contributed by atoms with Crippen LogP contribution in [0.2, 0.25) is 0 Å². The highest BCUT2D eigenvalue weighted by Crippen LogP contribution is 2.32. The van der Waals surface area contributed by atoms with Crippen molar-refractivity contribution in [2.24, 2.45) is 23.7 Å². The van der Waals surface area contributed by atoms with E-state index in [1.165, 1.54) is 18.6 Å². The normalized spacial score (nSPS) is 18.5. The number of carbonyl (C=O) groups is 4. The average molecular weight is 859 g/mol. The van der Waals surface area contributed by atoms with Gasteiger partial charge in [-0.25, -0.2) is 9.59 Å². The first kappa shape index (κ1) is 47.5. The van der Waals surface area contributed by atoms with Gasteiger partial charge in [-0.2, -0.15) is 0 Å². The molecule has 4 aromatic rings. The molecule has 2 saturated carbocycles. The number of carbonyl (C=O) groups excluding carboxylic acids is 4. The molecule has 0 heterocycles. The van der Waals surface area contributed by atoms with Crippen LogP contribution in [-0.2, 0) is 41.5 Å². The van der Waals surface area contributed by atoms with E-state index in [2.05, 4.69) is 13.8 Å². The number of ether oxygens (including phenoxy) is 4. The molecule has 0 aliphatic heterocycles. The SMILES string of the molecule is CC1CCC(C(=O)Oc2ccc(/C=C/C(=O)OCCc3ccc(N)cc3N)cc2)CC1.CCC1CCC(C(=O)Oc2ccc(/C=C/C(=O)OCCc3ccc(N)cc3N)cc2)CC1. The molecule has 12 nitrogen and oxygen atoms in total. The number of hydrogen-bond acceptors (Lipinski definition) is 12. The van der Waals surface area contributed by atoms with Gasteiger partial charge < -0.3 is 41.9 Å². The smallest absolute Gasteiger partial charge is 0.330 e. The van der Waals surface area contributed by atoms with E-state index in [-0.39, 0.29) is 37.0 Å². The zero-order chi connectivity index (χ0) is 45.1. The van der Waals surface area contributed by atoms with Crippen molar-refractivity contribution in [1.29, 1.82) is 0 Å². The van der Waals surface area contributed by atoms with Gasteiger partial charge in [0.25, 0.3) is 0 Å². The molecule has 0 aromatic heterocycles. The van der Waals surface area contributed by atoms with Crippen molar-refractivity contribution < 1.29 is 38.1 Å². The maximum absolute atomic E-state index is 12.4. The van der Waals surface area contributed by atoms with Gasteiger partial charge >= 0.3 is 23.9 Å². The fourth-order valence-electron chi connectivity index (χ4n) is 7.63. The van der Waals surface area contributed by atoms with Crippen LogP contribution in [0.4, 0.5) is 22.7 Å². The van der Waals surface area contributed by atoms with Crippen LogP contribution in [-0.4, -0.2) is 37.1 Å². The summed E-state index contributed by atoms with van der Waals surface area (Å²) in [5, 5.41) is 0. The molecule has 0 amide bonds. The number of nitrogen functional groups attached to an aromatic ring is 4. The number of anilines is 4. The molecule has 0 unspecified atom stereocenters. The van der Waals surface area contributed by atoms with Crippen molar-refractivity contribution in [2.45, 2.75) is 84.5 Å². The van der Waals surface area contributed by atoms with Crippen LogP contribution in [0.3, 0.4) is 0 Å². The van der Waals surface area contributed by atoms with Gasteiger partial charge in [-0.15, -0.1) is 0 Å². The molecule has 4 aromatic carbocycles. The maximum Gasteiger partial charge on any atom is 0.330 e. The Kier molecular flexibility index (Phi) is 18.2. The van der Waals surface area contributed by atoms with Crippen LogP contribution in [0.5, 0.6) is 11.5 Å². The first-order valence-electron chi connectivity index (χ1n) is 22.0. The Labute approximate surface area is 371 Å². The van der Waals surface area contributed by atoms with Crippen molar-refractivity contribution in [3.8, 4) is 11.5 Å². The van der Waals surface area contributed by atoms with Gasteiger partial charge in [0.05, 0.1) is 25.0 Å². The van der Waals surface area contributed by atoms with Crippen LogP contribution in [0.25, 0.3) is 12.2 Å². The Morgan fingerprint density at radius 1 is 0.556 bits per heavy atom. The summed E-state index contributed by atoms with van der Waals surface area (Å²) in [6.07, 6.45) is 16.3. The third-order valence-electron chi connectivity index (χ3n) is 11.7. The zero-order valence-corrected chi connectivity index (χ0v) is 36.5. The third kappa shape index (κ3) is 16.0. The summed E-state index contributed by atoms with van der Waals surface area (Å²) in [5.74, 6) is 1.30. The van der Waals surface area contributed by atoms with Crippen molar-refractivity contribution in [3.05, 3.63) is 119 Å². The van der Waals surface area contributed by atoms with Crippen LogP contribution < -0.4 is 32.4 Å². The zero-order valence-electron chi connectivity index (χ0n) is 36.5. The van der Waals surface area contributed by atoms with E-state index in [0.29, 0.717) is 53.0 Å². The van der Waals surface area contributed by atoms with Gasteiger partial charge in [0.2, 0.25) is 0 Å². The second kappa shape index (κ2) is 24.2. The van der Waals surface area contributed by atoms with Gasteiger partial charge in [0.15, 0.2) is 0 Å². The van der Waals surface area contributed by atoms with E-state index < -0.39 is 11.9 Å². The highest BCUT2D eigenvalue weighted by Gasteiger charge is 2.27. The van der Waals surface area contributed by atoms with Crippen LogP contribution in [0.15, 0.2) is 97.1 Å². The van der Waals surface area contributed by atoms with Crippen LogP contribution in [0, 0.1) is 23.7 Å². The minimum Gasteiger partial charge on any atom is -0.462 e. The second-order valence-electron chi connectivity index (χ2n) is 16.5. The number of nitrogens with two attached hydrogens (primary N) is 4. The van der Waals surface area contributed by atoms with Gasteiger partial charge in [-0.1, -0.05) is 56.7 Å². The molecule has 63 heavy (non-hydrogen) atoms. The second-order valence-corrected chi connectivity index (χ2v) is 16.5. The summed E-state index contributed by atoms with van der Waals surface area (Å²) in [6.45, 7) is 4.88. The average Bonchev–Trinajstić information content (AvgIpc) is 3.28. The Morgan fingerprint density at radius 2 is 0.952 bits per heavy atom. The van der Waals surface area contributed by atoms with Gasteiger partial charge in [-0.3, -0.25) is 9.59 Å². The summed E-state index contributed by atoms with van der Waals surface area (Å²) >= 11 is 0. The van der Waals surface area contributed by atoms with Crippen molar-refractivity contribution >= 4 is 58.8 Å². The highest BCUT2D eigenvalue weighted by atomic mass is 16.5. The lowest BCUT2D eigenvalue weighted by Crippen LogP contribution is -2.25. The molecule has 0 atom stereocenters. The van der Waals surface area contributed by atoms with Crippen LogP contribution >= 0.6 is 0 Å². The lowest BCUT2D eigenvalue weighted by atomic mass is 9.81. The Morgan fingerprint density at radius 3 is 1.33 bits per heavy atom. The molecule has 0 radical (unpaired) electrons. The van der Waals surface area contributed by atoms with E-state index in [9.17, 15) is 19.2 Å². The molecule has 2 aliphatic rings. The van der Waals surface area contributed by atoms with Gasteiger partial charge in [0.1, 0.15) is 11.5 Å². The van der Waals surface area contributed by atoms with Gasteiger partial charge in [0, 0.05) is 47.7 Å². The number of esters is 4. The van der Waals surface area contributed by atoms with E-state index in [0.717, 1.165) is 79.5 Å². The quantitative estimate of drug-likeness (QED) is 0.0382. The Balaban J connectivity index is 0.000000238. The van der Waals surface area contributed by atoms with Crippen molar-refractivity contribution in [1.82, 2.24) is 0 Å². The molecule has 12 heteroatoms. The Bertz CT molecular complexity index is 2190. The monoisotopic (exact) mass is 858 g/mol. The molecule has 8 N–H and O–H groups in total. The standard InChI is InChI=1S/C26H32N2O4.C25H30N2O4/c1-2-18-3-8-21(9-4-18)26(30)32-23-12-5-19(6-13-23)7-14-25(29)31-16-15-20-10-11-22(27)17-24(20)28;1-17-2-7-20(8-3-17)25(29)31-22-11-4-18(5-12-22)6-13-24(28)30-15-14-19-9-10-21(26)16-23(19)27/h5-7,10-14,17-18,21H,2-4,8-9,15-16,27-28H2,1H3;4-6,9-13,16-17,20H,2-3,7-8,14-15,26-27H2,1H3/b14-7+;13-6+. The third-order valence-corrected chi connectivity index (χ3v) is 11.7. The molecule has 0 spiro atoms. The lowest BCUT2D eigenvalue weighted by molar-refractivity contribution is -0.141. The van der Waals surface area contributed by atoms with Crippen molar-refractivity contribution in [3.63, 3.8) is 0 Å². The first-order chi connectivity index (χ1) is 30.3. The molecule has 6 rings (SSSR count). The highest BCUT2D eigenvalue weighted by molar-refractivity contribution is 5.87. The maximum atomic E-state index is 12.4. The number of benzene rings is 4. The summed E-state index contributed by atoms with van der Waals surface area (Å²) in [6, 6.07) is 24.7. The molecule has 2 aliphatic carbocycles. The largest absolute Gasteiger partial charge is 0.462 e. The summed E-state index contributed by atoms with van der Waals surface area (Å²) in [5.41, 5.74) is 28.9. The summed E-state index contributed by atoms with van der Waals surface area (Å²) in [4.78, 5) is 48.6. The molecule has 334 valence electrons. The lowest BCUT2D eigenvalue weighted by Gasteiger charge is -2.26. The Hall–Kier alpha value is -6.56. The fourth-order valence-corrected chi connectivity index (χ4v) is 7.63. The van der Waals surface area contributed by atoms with E-state index in [1.807, 2.05) is 12.1 Å². The molecule has 0 bridgehead atoms. The fraction of sp³-hybridized carbons (Fsp3) is 0.373. The molecular formula is C51H62N4O8. The van der Waals surface area contributed by atoms with Crippen LogP contribution in [0.1, 0.15) is 93.9 Å². The van der Waals surface area contributed by atoms with Gasteiger partial charge in [-0.05, 0) is 146 Å². The van der Waals surface area contributed by atoms with E-state index in [4.69, 9.17) is 41.9 Å². The molecule has 0 saturated heterocycles. The van der Waals surface area contributed by atoms with E-state index in [1.54, 1.807) is 84.9 Å². The van der Waals surface area contributed by atoms with Crippen molar-refractivity contribution in [2.75, 3.05) is 36.1 Å². The van der Waals surface area contributed by atoms with E-state index >= 15 is 0 Å². The molecule has 2 fully saturated rings. The topological polar surface area (TPSA) is 209 Å². The summed E-state index contributed by atoms with van der Waals surface area (Å²) < 4.78 is 21.5. The molecular weight excluding hydrogens is 797 g/mol. The number of rotatable bonds is 15. The minimum atomic E-state index is -0.434. The predicted molar refractivity (Wildman–Crippen MR) is 249 cm³/mol. The number of hydrogen-bond donors (Lipinski definition) is 4.